The summed E-state index contributed by atoms with van der Waals surface area (Å²) in [5, 5.41) is 11.5. The highest BCUT2D eigenvalue weighted by molar-refractivity contribution is 6.03. The van der Waals surface area contributed by atoms with Crippen LogP contribution in [0.25, 0.3) is 22.5 Å². The van der Waals surface area contributed by atoms with E-state index >= 15 is 0 Å². The zero-order chi connectivity index (χ0) is 23.1. The zero-order valence-corrected chi connectivity index (χ0v) is 19.1. The molecule has 1 aromatic carbocycles. The van der Waals surface area contributed by atoms with Crippen molar-refractivity contribution in [3.05, 3.63) is 78.6 Å². The molecule has 1 atom stereocenters. The average Bonchev–Trinajstić information content (AvgIpc) is 3.81. The Morgan fingerprint density at radius 1 is 1.00 bits per heavy atom. The number of benzene rings is 1. The molecule has 34 heavy (non-hydrogen) atoms. The minimum absolute atomic E-state index is 0.247. The van der Waals surface area contributed by atoms with Crippen LogP contribution >= 0.6 is 0 Å². The van der Waals surface area contributed by atoms with Crippen molar-refractivity contribution in [1.29, 1.82) is 0 Å². The molecule has 6 rings (SSSR count). The van der Waals surface area contributed by atoms with Gasteiger partial charge in [-0.3, -0.25) is 14.8 Å². The van der Waals surface area contributed by atoms with Gasteiger partial charge in [0.1, 0.15) is 12.0 Å². The number of amides is 1. The van der Waals surface area contributed by atoms with Gasteiger partial charge in [-0.1, -0.05) is 18.2 Å². The van der Waals surface area contributed by atoms with Gasteiger partial charge in [0, 0.05) is 41.2 Å². The number of carbonyl (C=O) groups excluding carboxylic acids is 1. The molecule has 0 radical (unpaired) electrons. The Hall–Kier alpha value is -3.87. The molecule has 2 aliphatic carbocycles. The first-order valence-corrected chi connectivity index (χ1v) is 11.9. The Morgan fingerprint density at radius 2 is 1.88 bits per heavy atom. The highest BCUT2D eigenvalue weighted by Crippen LogP contribution is 2.43. The molecule has 0 aliphatic heterocycles. The normalized spacial score (nSPS) is 16.3. The zero-order valence-electron chi connectivity index (χ0n) is 19.1. The Labute approximate surface area is 198 Å². The van der Waals surface area contributed by atoms with Crippen LogP contribution < -0.4 is 5.32 Å². The van der Waals surface area contributed by atoms with Gasteiger partial charge in [-0.2, -0.15) is 0 Å². The van der Waals surface area contributed by atoms with E-state index < -0.39 is 0 Å². The quantitative estimate of drug-likeness (QED) is 0.402. The lowest BCUT2D eigenvalue weighted by molar-refractivity contribution is 0.102. The van der Waals surface area contributed by atoms with Gasteiger partial charge in [-0.05, 0) is 74.4 Å². The number of hydrogen-bond donors (Lipinski definition) is 1. The molecule has 3 aromatic heterocycles. The molecule has 0 bridgehead atoms. The molecule has 7 heteroatoms. The van der Waals surface area contributed by atoms with E-state index in [-0.39, 0.29) is 5.91 Å². The maximum Gasteiger partial charge on any atom is 0.274 e. The van der Waals surface area contributed by atoms with Gasteiger partial charge in [-0.15, -0.1) is 10.2 Å². The first kappa shape index (κ1) is 20.7. The number of hydrogen-bond acceptors (Lipinski definition) is 5. The summed E-state index contributed by atoms with van der Waals surface area (Å²) in [6.45, 7) is 2.21. The van der Waals surface area contributed by atoms with Crippen LogP contribution in [0.5, 0.6) is 0 Å². The molecule has 7 nitrogen and oxygen atoms in total. The summed E-state index contributed by atoms with van der Waals surface area (Å²) >= 11 is 0. The van der Waals surface area contributed by atoms with E-state index in [9.17, 15) is 4.79 Å². The van der Waals surface area contributed by atoms with Gasteiger partial charge < -0.3 is 9.88 Å². The predicted octanol–water partition coefficient (Wildman–Crippen LogP) is 5.50. The molecule has 2 saturated carbocycles. The number of anilines is 1. The van der Waals surface area contributed by atoms with Gasteiger partial charge in [0.15, 0.2) is 5.82 Å². The standard InChI is InChI=1S/C27H26N6O/c1-17(18-7-8-18)33-16-30-32-26(33)21-4-2-5-22(14-21)31-27(34)24-15-20(11-13-28-24)23-6-3-12-29-25(23)19-9-10-19/h2-6,11-19H,7-10H2,1H3,(H,31,34)/t17-/m0/s1. The molecule has 0 spiro atoms. The predicted molar refractivity (Wildman–Crippen MR) is 130 cm³/mol. The molecule has 1 N–H and O–H groups in total. The van der Waals surface area contributed by atoms with Crippen molar-refractivity contribution >= 4 is 11.6 Å². The van der Waals surface area contributed by atoms with Crippen molar-refractivity contribution in [2.45, 2.75) is 44.6 Å². The summed E-state index contributed by atoms with van der Waals surface area (Å²) in [7, 11) is 0. The van der Waals surface area contributed by atoms with Gasteiger partial charge in [0.2, 0.25) is 0 Å². The lowest BCUT2D eigenvalue weighted by Gasteiger charge is -2.15. The second kappa shape index (κ2) is 8.48. The summed E-state index contributed by atoms with van der Waals surface area (Å²) in [6.07, 6.45) is 10.2. The third kappa shape index (κ3) is 4.09. The molecule has 0 saturated heterocycles. The number of carbonyl (C=O) groups is 1. The Kier molecular flexibility index (Phi) is 5.17. The lowest BCUT2D eigenvalue weighted by Crippen LogP contribution is -2.14. The number of nitrogens with one attached hydrogen (secondary N) is 1. The van der Waals surface area contributed by atoms with E-state index in [1.165, 1.54) is 25.7 Å². The third-order valence-electron chi connectivity index (χ3n) is 6.80. The number of nitrogens with zero attached hydrogens (tertiary/aromatic N) is 5. The maximum absolute atomic E-state index is 13.1. The summed E-state index contributed by atoms with van der Waals surface area (Å²) < 4.78 is 2.13. The highest BCUT2D eigenvalue weighted by Gasteiger charge is 2.31. The van der Waals surface area contributed by atoms with E-state index in [2.05, 4.69) is 43.0 Å². The molecule has 2 fully saturated rings. The van der Waals surface area contributed by atoms with Crippen LogP contribution in [0.4, 0.5) is 5.69 Å². The maximum atomic E-state index is 13.1. The van der Waals surface area contributed by atoms with Crippen molar-refractivity contribution in [3.8, 4) is 22.5 Å². The Morgan fingerprint density at radius 3 is 2.71 bits per heavy atom. The van der Waals surface area contributed by atoms with Gasteiger partial charge in [-0.25, -0.2) is 0 Å². The molecule has 0 unspecified atom stereocenters. The van der Waals surface area contributed by atoms with Crippen molar-refractivity contribution in [1.82, 2.24) is 24.7 Å². The third-order valence-corrected chi connectivity index (χ3v) is 6.80. The first-order chi connectivity index (χ1) is 16.7. The lowest BCUT2D eigenvalue weighted by atomic mass is 10.0. The monoisotopic (exact) mass is 450 g/mol. The van der Waals surface area contributed by atoms with Crippen LogP contribution in [0.1, 0.15) is 60.7 Å². The smallest absolute Gasteiger partial charge is 0.274 e. The fourth-order valence-electron chi connectivity index (χ4n) is 4.55. The average molecular weight is 451 g/mol. The Balaban J connectivity index is 1.24. The molecular formula is C27H26N6O. The van der Waals surface area contributed by atoms with Crippen LogP contribution in [0.2, 0.25) is 0 Å². The van der Waals surface area contributed by atoms with E-state index in [0.717, 1.165) is 28.2 Å². The van der Waals surface area contributed by atoms with E-state index in [4.69, 9.17) is 0 Å². The minimum Gasteiger partial charge on any atom is -0.321 e. The number of pyridine rings is 2. The second-order valence-electron chi connectivity index (χ2n) is 9.32. The fourth-order valence-corrected chi connectivity index (χ4v) is 4.55. The minimum atomic E-state index is -0.247. The van der Waals surface area contributed by atoms with Crippen LogP contribution in [0, 0.1) is 5.92 Å². The van der Waals surface area contributed by atoms with Crippen LogP contribution in [-0.4, -0.2) is 30.6 Å². The number of rotatable bonds is 7. The SMILES string of the molecule is C[C@@H](C1CC1)n1cnnc1-c1cccc(NC(=O)c2cc(-c3cccnc3C3CC3)ccn2)c1. The van der Waals surface area contributed by atoms with Crippen molar-refractivity contribution in [3.63, 3.8) is 0 Å². The first-order valence-electron chi connectivity index (χ1n) is 11.9. The van der Waals surface area contributed by atoms with Gasteiger partial charge in [0.25, 0.3) is 5.91 Å². The van der Waals surface area contributed by atoms with Crippen LogP contribution in [0.15, 0.2) is 67.3 Å². The molecule has 2 aliphatic rings. The van der Waals surface area contributed by atoms with Crippen molar-refractivity contribution in [2.75, 3.05) is 5.32 Å². The van der Waals surface area contributed by atoms with Crippen molar-refractivity contribution in [2.24, 2.45) is 5.92 Å². The summed E-state index contributed by atoms with van der Waals surface area (Å²) in [5.41, 5.74) is 5.15. The van der Waals surface area contributed by atoms with Gasteiger partial charge >= 0.3 is 0 Å². The summed E-state index contributed by atoms with van der Waals surface area (Å²) in [4.78, 5) is 22.0. The molecule has 170 valence electrons. The van der Waals surface area contributed by atoms with E-state index in [1.54, 1.807) is 12.5 Å². The summed E-state index contributed by atoms with van der Waals surface area (Å²) in [5.74, 6) is 1.79. The highest BCUT2D eigenvalue weighted by atomic mass is 16.1. The molecule has 3 heterocycles. The largest absolute Gasteiger partial charge is 0.321 e. The molecular weight excluding hydrogens is 424 g/mol. The topological polar surface area (TPSA) is 85.6 Å². The van der Waals surface area contributed by atoms with Crippen molar-refractivity contribution < 1.29 is 4.79 Å². The van der Waals surface area contributed by atoms with E-state index in [1.807, 2.05) is 48.7 Å². The second-order valence-corrected chi connectivity index (χ2v) is 9.32. The molecule has 1 amide bonds. The van der Waals surface area contributed by atoms with E-state index in [0.29, 0.717) is 29.3 Å². The fraction of sp³-hybridized carbons (Fsp3) is 0.296. The van der Waals surface area contributed by atoms with Crippen LogP contribution in [0.3, 0.4) is 0 Å². The van der Waals surface area contributed by atoms with Gasteiger partial charge in [0.05, 0.1) is 5.69 Å². The van der Waals surface area contributed by atoms with Crippen LogP contribution in [-0.2, 0) is 0 Å². The summed E-state index contributed by atoms with van der Waals surface area (Å²) in [6, 6.07) is 15.9. The molecule has 4 aromatic rings. The Bertz CT molecular complexity index is 1350. The number of aromatic nitrogens is 5.